The SMILES string of the molecule is CCCCCC(=NOC(C)=O)C(=O)c1ccc(Sc2ccccc2)cc1. The van der Waals surface area contributed by atoms with Crippen molar-refractivity contribution in [2.75, 3.05) is 0 Å². The molecule has 0 unspecified atom stereocenters. The molecule has 0 aliphatic rings. The zero-order valence-corrected chi connectivity index (χ0v) is 15.9. The molecular formula is C21H23NO3S. The van der Waals surface area contributed by atoms with Gasteiger partial charge in [-0.15, -0.1) is 0 Å². The Kier molecular flexibility index (Phi) is 8.09. The summed E-state index contributed by atoms with van der Waals surface area (Å²) in [6, 6.07) is 17.5. The lowest BCUT2D eigenvalue weighted by Gasteiger charge is -2.06. The Morgan fingerprint density at radius 2 is 1.62 bits per heavy atom. The molecule has 4 nitrogen and oxygen atoms in total. The highest BCUT2D eigenvalue weighted by Gasteiger charge is 2.15. The first-order chi connectivity index (χ1) is 12.6. The molecule has 0 bridgehead atoms. The maximum absolute atomic E-state index is 12.7. The van der Waals surface area contributed by atoms with Crippen LogP contribution in [0.25, 0.3) is 0 Å². The van der Waals surface area contributed by atoms with Crippen LogP contribution in [0.2, 0.25) is 0 Å². The summed E-state index contributed by atoms with van der Waals surface area (Å²) < 4.78 is 0. The fourth-order valence-electron chi connectivity index (χ4n) is 2.33. The number of Topliss-reactive ketones (excluding diaryl/α,β-unsaturated/α-hetero) is 1. The molecule has 0 N–H and O–H groups in total. The molecule has 0 aliphatic carbocycles. The van der Waals surface area contributed by atoms with Crippen LogP contribution in [0.4, 0.5) is 0 Å². The van der Waals surface area contributed by atoms with Crippen molar-refractivity contribution in [1.29, 1.82) is 0 Å². The largest absolute Gasteiger partial charge is 0.331 e. The number of carbonyl (C=O) groups is 2. The molecule has 0 aromatic heterocycles. The molecule has 0 radical (unpaired) electrons. The first-order valence-corrected chi connectivity index (χ1v) is 9.54. The van der Waals surface area contributed by atoms with Gasteiger partial charge in [-0.05, 0) is 49.2 Å². The normalized spacial score (nSPS) is 11.2. The van der Waals surface area contributed by atoms with Crippen LogP contribution in [0.1, 0.15) is 49.9 Å². The molecule has 0 amide bonds. The Balaban J connectivity index is 2.09. The van der Waals surface area contributed by atoms with Gasteiger partial charge in [0.15, 0.2) is 0 Å². The molecule has 0 spiro atoms. The summed E-state index contributed by atoms with van der Waals surface area (Å²) in [6.07, 6.45) is 3.38. The van der Waals surface area contributed by atoms with Gasteiger partial charge in [-0.25, -0.2) is 4.79 Å². The lowest BCUT2D eigenvalue weighted by Crippen LogP contribution is -2.15. The number of benzene rings is 2. The van der Waals surface area contributed by atoms with E-state index in [1.807, 2.05) is 42.5 Å². The van der Waals surface area contributed by atoms with Crippen molar-refractivity contribution >= 4 is 29.2 Å². The van der Waals surface area contributed by atoms with Gasteiger partial charge in [0.2, 0.25) is 5.78 Å². The van der Waals surface area contributed by atoms with E-state index in [-0.39, 0.29) is 11.5 Å². The van der Waals surface area contributed by atoms with Gasteiger partial charge in [-0.3, -0.25) is 4.79 Å². The van der Waals surface area contributed by atoms with E-state index < -0.39 is 5.97 Å². The van der Waals surface area contributed by atoms with E-state index in [2.05, 4.69) is 12.1 Å². The van der Waals surface area contributed by atoms with Gasteiger partial charge in [0, 0.05) is 22.3 Å². The first-order valence-electron chi connectivity index (χ1n) is 8.72. The third-order valence-electron chi connectivity index (χ3n) is 3.66. The molecule has 0 aliphatic heterocycles. The number of oxime groups is 1. The van der Waals surface area contributed by atoms with Crippen LogP contribution in [0.15, 0.2) is 69.5 Å². The van der Waals surface area contributed by atoms with Crippen LogP contribution in [0, 0.1) is 0 Å². The van der Waals surface area contributed by atoms with Crippen LogP contribution in [0.3, 0.4) is 0 Å². The molecule has 2 aromatic carbocycles. The zero-order valence-electron chi connectivity index (χ0n) is 15.1. The minimum absolute atomic E-state index is 0.196. The average molecular weight is 369 g/mol. The summed E-state index contributed by atoms with van der Waals surface area (Å²) >= 11 is 1.64. The van der Waals surface area contributed by atoms with Crippen LogP contribution in [-0.2, 0) is 9.63 Å². The summed E-state index contributed by atoms with van der Waals surface area (Å²) in [5.41, 5.74) is 0.835. The molecule has 5 heteroatoms. The van der Waals surface area contributed by atoms with E-state index in [0.717, 1.165) is 29.1 Å². The number of rotatable bonds is 9. The van der Waals surface area contributed by atoms with Gasteiger partial charge >= 0.3 is 5.97 Å². The van der Waals surface area contributed by atoms with Crippen LogP contribution in [-0.4, -0.2) is 17.5 Å². The molecule has 0 heterocycles. The van der Waals surface area contributed by atoms with Gasteiger partial charge in [0.1, 0.15) is 5.71 Å². The monoisotopic (exact) mass is 369 g/mol. The van der Waals surface area contributed by atoms with Crippen LogP contribution < -0.4 is 0 Å². The van der Waals surface area contributed by atoms with Crippen molar-refractivity contribution in [1.82, 2.24) is 0 Å². The molecule has 136 valence electrons. The van der Waals surface area contributed by atoms with Crippen molar-refractivity contribution < 1.29 is 14.4 Å². The maximum atomic E-state index is 12.7. The zero-order chi connectivity index (χ0) is 18.8. The van der Waals surface area contributed by atoms with Gasteiger partial charge < -0.3 is 4.84 Å². The smallest absolute Gasteiger partial charge is 0.318 e. The second kappa shape index (κ2) is 10.6. The second-order valence-corrected chi connectivity index (χ2v) is 6.99. The van der Waals surface area contributed by atoms with E-state index in [0.29, 0.717) is 12.0 Å². The van der Waals surface area contributed by atoms with Crippen molar-refractivity contribution in [3.63, 3.8) is 0 Å². The number of hydrogen-bond donors (Lipinski definition) is 0. The van der Waals surface area contributed by atoms with E-state index in [9.17, 15) is 9.59 Å². The predicted molar refractivity (Wildman–Crippen MR) is 105 cm³/mol. The summed E-state index contributed by atoms with van der Waals surface area (Å²) in [4.78, 5) is 30.6. The summed E-state index contributed by atoms with van der Waals surface area (Å²) in [7, 11) is 0. The molecule has 2 rings (SSSR count). The minimum atomic E-state index is -0.527. The highest BCUT2D eigenvalue weighted by atomic mass is 32.2. The van der Waals surface area contributed by atoms with Crippen molar-refractivity contribution in [2.45, 2.75) is 49.3 Å². The Morgan fingerprint density at radius 3 is 2.23 bits per heavy atom. The van der Waals surface area contributed by atoms with E-state index >= 15 is 0 Å². The number of carbonyl (C=O) groups excluding carboxylic acids is 2. The Morgan fingerprint density at radius 1 is 0.962 bits per heavy atom. The molecular weight excluding hydrogens is 346 g/mol. The highest BCUT2D eigenvalue weighted by molar-refractivity contribution is 7.99. The van der Waals surface area contributed by atoms with E-state index in [1.165, 1.54) is 6.92 Å². The number of nitrogens with zero attached hydrogens (tertiary/aromatic N) is 1. The lowest BCUT2D eigenvalue weighted by atomic mass is 10.0. The minimum Gasteiger partial charge on any atom is -0.318 e. The van der Waals surface area contributed by atoms with Crippen molar-refractivity contribution in [3.8, 4) is 0 Å². The van der Waals surface area contributed by atoms with Crippen LogP contribution >= 0.6 is 11.8 Å². The summed E-state index contributed by atoms with van der Waals surface area (Å²) in [6.45, 7) is 3.36. The predicted octanol–water partition coefficient (Wildman–Crippen LogP) is 5.52. The average Bonchev–Trinajstić information content (AvgIpc) is 2.65. The van der Waals surface area contributed by atoms with Gasteiger partial charge in [-0.1, -0.05) is 54.9 Å². The Labute approximate surface area is 158 Å². The third-order valence-corrected chi connectivity index (χ3v) is 4.67. The fourth-order valence-corrected chi connectivity index (χ4v) is 3.17. The molecule has 0 atom stereocenters. The topological polar surface area (TPSA) is 55.7 Å². The standard InChI is InChI=1S/C21H23NO3S/c1-3-4-6-11-20(22-25-16(2)23)21(24)17-12-14-19(15-13-17)26-18-9-7-5-8-10-18/h5,7-10,12-15H,3-4,6,11H2,1-2H3. The van der Waals surface area contributed by atoms with E-state index in [1.54, 1.807) is 23.9 Å². The van der Waals surface area contributed by atoms with Gasteiger partial charge in [0.05, 0.1) is 0 Å². The van der Waals surface area contributed by atoms with Crippen molar-refractivity contribution in [3.05, 3.63) is 60.2 Å². The van der Waals surface area contributed by atoms with Gasteiger partial charge in [0.25, 0.3) is 0 Å². The van der Waals surface area contributed by atoms with Crippen molar-refractivity contribution in [2.24, 2.45) is 5.16 Å². The number of ketones is 1. The Bertz CT molecular complexity index is 755. The third kappa shape index (κ3) is 6.48. The molecule has 2 aromatic rings. The molecule has 0 saturated heterocycles. The quantitative estimate of drug-likeness (QED) is 0.192. The van der Waals surface area contributed by atoms with E-state index in [4.69, 9.17) is 4.84 Å². The number of hydrogen-bond acceptors (Lipinski definition) is 5. The Hall–Kier alpha value is -2.40. The first kappa shape index (κ1) is 19.9. The second-order valence-electron chi connectivity index (χ2n) is 5.85. The summed E-state index contributed by atoms with van der Waals surface area (Å²) in [5.74, 6) is -0.723. The molecule has 0 fully saturated rings. The summed E-state index contributed by atoms with van der Waals surface area (Å²) in [5, 5.41) is 3.77. The maximum Gasteiger partial charge on any atom is 0.331 e. The van der Waals surface area contributed by atoms with Gasteiger partial charge in [-0.2, -0.15) is 0 Å². The lowest BCUT2D eigenvalue weighted by molar-refractivity contribution is -0.140. The number of unbranched alkanes of at least 4 members (excludes halogenated alkanes) is 2. The van der Waals surface area contributed by atoms with Crippen LogP contribution in [0.5, 0.6) is 0 Å². The highest BCUT2D eigenvalue weighted by Crippen LogP contribution is 2.27. The molecule has 0 saturated carbocycles. The molecule has 26 heavy (non-hydrogen) atoms. The fraction of sp³-hybridized carbons (Fsp3) is 0.286.